The van der Waals surface area contributed by atoms with Crippen molar-refractivity contribution in [2.75, 3.05) is 26.2 Å². The van der Waals surface area contributed by atoms with Crippen LogP contribution >= 0.6 is 0 Å². The van der Waals surface area contributed by atoms with Crippen LogP contribution in [0.4, 0.5) is 9.18 Å². The molecular weight excluding hydrogens is 455 g/mol. The van der Waals surface area contributed by atoms with E-state index in [9.17, 15) is 9.18 Å². The zero-order valence-electron chi connectivity index (χ0n) is 22.1. The van der Waals surface area contributed by atoms with Crippen molar-refractivity contribution >= 4 is 6.09 Å². The fourth-order valence-corrected chi connectivity index (χ4v) is 5.17. The van der Waals surface area contributed by atoms with Crippen LogP contribution in [-0.2, 0) is 24.2 Å². The van der Waals surface area contributed by atoms with Crippen molar-refractivity contribution in [3.63, 3.8) is 0 Å². The quantitative estimate of drug-likeness (QED) is 0.406. The number of likely N-dealkylation sites (tertiary alicyclic amines) is 1. The van der Waals surface area contributed by atoms with E-state index in [1.807, 2.05) is 37.8 Å². The lowest BCUT2D eigenvalue weighted by Gasteiger charge is -2.33. The molecule has 4 rings (SSSR count). The maximum atomic E-state index is 13.3. The highest BCUT2D eigenvalue weighted by molar-refractivity contribution is 5.68. The molecular formula is C30H41FN2O3. The summed E-state index contributed by atoms with van der Waals surface area (Å²) in [6.45, 7) is 10.7. The number of hydrogen-bond acceptors (Lipinski definition) is 4. The number of carbonyl (C=O) groups excluding carboxylic acids is 1. The minimum atomic E-state index is -0.442. The third kappa shape index (κ3) is 7.95. The molecule has 6 heteroatoms. The number of rotatable bonds is 7. The SMILES string of the molecule is CC(C)(C)OC(=O)N1CCC(CCCOc2ccc3c(c2)CN(Cc2ccc(F)cc2)CCC3)CC1. The van der Waals surface area contributed by atoms with Gasteiger partial charge < -0.3 is 14.4 Å². The number of nitrogens with zero attached hydrogens (tertiary/aromatic N) is 2. The molecule has 2 aliphatic heterocycles. The molecule has 36 heavy (non-hydrogen) atoms. The van der Waals surface area contributed by atoms with Crippen LogP contribution in [0.1, 0.15) is 69.6 Å². The molecule has 196 valence electrons. The van der Waals surface area contributed by atoms with Crippen molar-refractivity contribution in [1.82, 2.24) is 9.80 Å². The molecule has 1 fully saturated rings. The Morgan fingerprint density at radius 2 is 1.78 bits per heavy atom. The second-order valence-electron chi connectivity index (χ2n) is 11.3. The number of carbonyl (C=O) groups is 1. The minimum Gasteiger partial charge on any atom is -0.494 e. The molecule has 2 aliphatic rings. The van der Waals surface area contributed by atoms with E-state index in [4.69, 9.17) is 9.47 Å². The van der Waals surface area contributed by atoms with E-state index in [-0.39, 0.29) is 11.9 Å². The van der Waals surface area contributed by atoms with Crippen LogP contribution in [0.3, 0.4) is 0 Å². The Morgan fingerprint density at radius 1 is 1.03 bits per heavy atom. The second kappa shape index (κ2) is 12.1. The number of hydrogen-bond donors (Lipinski definition) is 0. The molecule has 0 spiro atoms. The Kier molecular flexibility index (Phi) is 8.89. The topological polar surface area (TPSA) is 42.0 Å². The molecule has 1 amide bonds. The number of aryl methyl sites for hydroxylation is 1. The summed E-state index contributed by atoms with van der Waals surface area (Å²) in [6, 6.07) is 13.4. The van der Waals surface area contributed by atoms with Crippen LogP contribution in [-0.4, -0.2) is 47.7 Å². The summed E-state index contributed by atoms with van der Waals surface area (Å²) in [5, 5.41) is 0. The molecule has 0 saturated carbocycles. The smallest absolute Gasteiger partial charge is 0.410 e. The maximum Gasteiger partial charge on any atom is 0.410 e. The van der Waals surface area contributed by atoms with Crippen molar-refractivity contribution < 1.29 is 18.7 Å². The summed E-state index contributed by atoms with van der Waals surface area (Å²) in [4.78, 5) is 16.5. The third-order valence-electron chi connectivity index (χ3n) is 7.10. The Morgan fingerprint density at radius 3 is 2.50 bits per heavy atom. The number of fused-ring (bicyclic) bond motifs is 1. The molecule has 5 nitrogen and oxygen atoms in total. The number of piperidine rings is 1. The molecule has 0 aliphatic carbocycles. The van der Waals surface area contributed by atoms with Gasteiger partial charge in [-0.3, -0.25) is 4.90 Å². The van der Waals surface area contributed by atoms with Gasteiger partial charge in [-0.1, -0.05) is 18.2 Å². The van der Waals surface area contributed by atoms with Crippen molar-refractivity contribution in [1.29, 1.82) is 0 Å². The van der Waals surface area contributed by atoms with Gasteiger partial charge in [0.05, 0.1) is 6.61 Å². The van der Waals surface area contributed by atoms with Crippen LogP contribution in [0.15, 0.2) is 42.5 Å². The van der Waals surface area contributed by atoms with E-state index in [1.165, 1.54) is 23.3 Å². The highest BCUT2D eigenvalue weighted by Gasteiger charge is 2.26. The molecule has 0 radical (unpaired) electrons. The van der Waals surface area contributed by atoms with Gasteiger partial charge in [0.1, 0.15) is 17.2 Å². The predicted molar refractivity (Wildman–Crippen MR) is 141 cm³/mol. The molecule has 0 unspecified atom stereocenters. The first-order valence-corrected chi connectivity index (χ1v) is 13.4. The van der Waals surface area contributed by atoms with E-state index < -0.39 is 5.60 Å². The van der Waals surface area contributed by atoms with Gasteiger partial charge in [-0.2, -0.15) is 0 Å². The van der Waals surface area contributed by atoms with Crippen LogP contribution < -0.4 is 4.74 Å². The van der Waals surface area contributed by atoms with Gasteiger partial charge in [0.15, 0.2) is 0 Å². The van der Waals surface area contributed by atoms with Crippen molar-refractivity contribution in [3.05, 3.63) is 65.0 Å². The predicted octanol–water partition coefficient (Wildman–Crippen LogP) is 6.58. The summed E-state index contributed by atoms with van der Waals surface area (Å²) >= 11 is 0. The van der Waals surface area contributed by atoms with Gasteiger partial charge in [-0.25, -0.2) is 9.18 Å². The van der Waals surface area contributed by atoms with E-state index in [1.54, 1.807) is 0 Å². The Labute approximate surface area is 215 Å². The van der Waals surface area contributed by atoms with Crippen LogP contribution in [0.5, 0.6) is 5.75 Å². The Bertz CT molecular complexity index is 994. The van der Waals surface area contributed by atoms with E-state index in [0.29, 0.717) is 12.5 Å². The zero-order valence-corrected chi connectivity index (χ0v) is 22.1. The minimum absolute atomic E-state index is 0.187. The van der Waals surface area contributed by atoms with Gasteiger partial charge in [0.25, 0.3) is 0 Å². The molecule has 2 heterocycles. The first kappa shape index (κ1) is 26.5. The normalized spacial score (nSPS) is 17.4. The number of benzene rings is 2. The van der Waals surface area contributed by atoms with Crippen LogP contribution in [0, 0.1) is 11.7 Å². The molecule has 0 aromatic heterocycles. The summed E-state index contributed by atoms with van der Waals surface area (Å²) in [5.74, 6) is 1.39. The molecule has 2 aromatic rings. The van der Waals surface area contributed by atoms with E-state index in [2.05, 4.69) is 23.1 Å². The molecule has 0 atom stereocenters. The second-order valence-corrected chi connectivity index (χ2v) is 11.3. The van der Waals surface area contributed by atoms with Gasteiger partial charge in [0, 0.05) is 26.2 Å². The lowest BCUT2D eigenvalue weighted by molar-refractivity contribution is 0.0179. The Balaban J connectivity index is 1.20. The van der Waals surface area contributed by atoms with Crippen molar-refractivity contribution in [3.8, 4) is 5.75 Å². The summed E-state index contributed by atoms with van der Waals surface area (Å²) in [6.07, 6.45) is 6.22. The first-order chi connectivity index (χ1) is 17.2. The van der Waals surface area contributed by atoms with Gasteiger partial charge in [-0.05, 0) is 113 Å². The lowest BCUT2D eigenvalue weighted by atomic mass is 9.92. The summed E-state index contributed by atoms with van der Waals surface area (Å²) in [5.41, 5.74) is 3.44. The fourth-order valence-electron chi connectivity index (χ4n) is 5.17. The van der Waals surface area contributed by atoms with Gasteiger partial charge >= 0.3 is 6.09 Å². The number of halogens is 1. The maximum absolute atomic E-state index is 13.3. The highest BCUT2D eigenvalue weighted by atomic mass is 19.1. The first-order valence-electron chi connectivity index (χ1n) is 13.4. The average Bonchev–Trinajstić information content (AvgIpc) is 3.04. The highest BCUT2D eigenvalue weighted by Crippen LogP contribution is 2.26. The number of amides is 1. The van der Waals surface area contributed by atoms with Crippen LogP contribution in [0.2, 0.25) is 0 Å². The summed E-state index contributed by atoms with van der Waals surface area (Å²) in [7, 11) is 0. The lowest BCUT2D eigenvalue weighted by Crippen LogP contribution is -2.41. The molecule has 0 bridgehead atoms. The third-order valence-corrected chi connectivity index (χ3v) is 7.10. The number of ether oxygens (including phenoxy) is 2. The van der Waals surface area contributed by atoms with Crippen molar-refractivity contribution in [2.24, 2.45) is 5.92 Å². The molecule has 0 N–H and O–H groups in total. The zero-order chi connectivity index (χ0) is 25.5. The van der Waals surface area contributed by atoms with E-state index >= 15 is 0 Å². The summed E-state index contributed by atoms with van der Waals surface area (Å²) < 4.78 is 24.9. The average molecular weight is 497 g/mol. The van der Waals surface area contributed by atoms with Gasteiger partial charge in [-0.15, -0.1) is 0 Å². The van der Waals surface area contributed by atoms with E-state index in [0.717, 1.165) is 82.6 Å². The molecule has 1 saturated heterocycles. The monoisotopic (exact) mass is 496 g/mol. The van der Waals surface area contributed by atoms with Gasteiger partial charge in [0.2, 0.25) is 0 Å². The Hall–Kier alpha value is -2.60. The van der Waals surface area contributed by atoms with Crippen molar-refractivity contribution in [2.45, 2.75) is 78.0 Å². The van der Waals surface area contributed by atoms with Crippen LogP contribution in [0.25, 0.3) is 0 Å². The standard InChI is InChI=1S/C30H41FN2O3/c1-30(2,3)36-29(34)33-17-14-23(15-18-33)6-5-19-35-28-13-10-25-7-4-16-32(22-26(25)20-28)21-24-8-11-27(31)12-9-24/h8-13,20,23H,4-7,14-19,21-22H2,1-3H3. The largest absolute Gasteiger partial charge is 0.494 e. The fraction of sp³-hybridized carbons (Fsp3) is 0.567. The molecule has 2 aromatic carbocycles.